The van der Waals surface area contributed by atoms with Gasteiger partial charge in [-0.2, -0.15) is 13.2 Å². The summed E-state index contributed by atoms with van der Waals surface area (Å²) in [7, 11) is -3.07. The van der Waals surface area contributed by atoms with Gasteiger partial charge in [0.25, 0.3) is 10.0 Å². The van der Waals surface area contributed by atoms with E-state index in [2.05, 4.69) is 5.32 Å². The molecule has 0 aliphatic heterocycles. The van der Waals surface area contributed by atoms with Gasteiger partial charge in [0.1, 0.15) is 18.3 Å². The first-order valence-corrected chi connectivity index (χ1v) is 16.8. The summed E-state index contributed by atoms with van der Waals surface area (Å²) in [5, 5.41) is 2.44. The van der Waals surface area contributed by atoms with Crippen molar-refractivity contribution in [2.75, 3.05) is 18.0 Å². The molecule has 1 aliphatic rings. The number of hydrogen-bond donors (Lipinski definition) is 1. The number of anilines is 1. The Labute approximate surface area is 272 Å². The molecule has 13 heteroatoms. The number of amides is 2. The molecule has 46 heavy (non-hydrogen) atoms. The zero-order valence-electron chi connectivity index (χ0n) is 25.6. The number of hydrogen-bond acceptors (Lipinski definition) is 5. The normalized spacial score (nSPS) is 14.7. The fraction of sp³-hybridized carbons (Fsp3) is 0.394. The van der Waals surface area contributed by atoms with Crippen LogP contribution in [0.3, 0.4) is 0 Å². The van der Waals surface area contributed by atoms with Crippen LogP contribution in [0.1, 0.15) is 56.6 Å². The Kier molecular flexibility index (Phi) is 11.6. The van der Waals surface area contributed by atoms with E-state index in [-0.39, 0.29) is 29.8 Å². The van der Waals surface area contributed by atoms with Crippen molar-refractivity contribution in [2.24, 2.45) is 0 Å². The topological polar surface area (TPSA) is 96.0 Å². The minimum atomic E-state index is -4.89. The second kappa shape index (κ2) is 15.2. The first-order chi connectivity index (χ1) is 21.8. The molecule has 4 rings (SSSR count). The highest BCUT2D eigenvalue weighted by Crippen LogP contribution is 2.38. The van der Waals surface area contributed by atoms with Crippen molar-refractivity contribution in [3.63, 3.8) is 0 Å². The van der Waals surface area contributed by atoms with Crippen molar-refractivity contribution in [1.82, 2.24) is 10.2 Å². The van der Waals surface area contributed by atoms with Gasteiger partial charge in [-0.1, -0.05) is 68.1 Å². The van der Waals surface area contributed by atoms with Gasteiger partial charge in [-0.15, -0.1) is 0 Å². The van der Waals surface area contributed by atoms with Gasteiger partial charge in [-0.05, 0) is 67.3 Å². The van der Waals surface area contributed by atoms with Gasteiger partial charge >= 0.3 is 6.18 Å². The van der Waals surface area contributed by atoms with Gasteiger partial charge in [0.05, 0.1) is 28.3 Å². The van der Waals surface area contributed by atoms with E-state index in [1.807, 2.05) is 0 Å². The van der Waals surface area contributed by atoms with Crippen LogP contribution < -0.4 is 14.4 Å². The Morgan fingerprint density at radius 2 is 1.70 bits per heavy atom. The third kappa shape index (κ3) is 8.52. The van der Waals surface area contributed by atoms with E-state index in [1.54, 1.807) is 37.3 Å². The van der Waals surface area contributed by atoms with Crippen LogP contribution in [0, 0.1) is 0 Å². The predicted molar refractivity (Wildman–Crippen MR) is 170 cm³/mol. The number of carbonyl (C=O) groups excluding carboxylic acids is 2. The Morgan fingerprint density at radius 3 is 2.33 bits per heavy atom. The number of ether oxygens (including phenoxy) is 1. The van der Waals surface area contributed by atoms with Crippen LogP contribution in [0.15, 0.2) is 77.7 Å². The molecular weight excluding hydrogens is 643 g/mol. The van der Waals surface area contributed by atoms with E-state index in [0.29, 0.717) is 21.7 Å². The summed E-state index contributed by atoms with van der Waals surface area (Å²) in [6.07, 6.45) is -0.0268. The molecule has 0 aromatic heterocycles. The average molecular weight is 680 g/mol. The summed E-state index contributed by atoms with van der Waals surface area (Å²) in [4.78, 5) is 29.0. The Balaban J connectivity index is 1.77. The maximum Gasteiger partial charge on any atom is 0.417 e. The highest BCUT2D eigenvalue weighted by Gasteiger charge is 2.37. The lowest BCUT2D eigenvalue weighted by atomic mass is 9.95. The molecular formula is C33H37ClF3N3O5S. The lowest BCUT2D eigenvalue weighted by Gasteiger charge is -2.34. The van der Waals surface area contributed by atoms with Crippen molar-refractivity contribution < 1.29 is 35.9 Å². The molecule has 248 valence electrons. The largest absolute Gasteiger partial charge is 0.497 e. The van der Waals surface area contributed by atoms with E-state index >= 15 is 0 Å². The van der Waals surface area contributed by atoms with Crippen LogP contribution in [0.25, 0.3) is 0 Å². The third-order valence-electron chi connectivity index (χ3n) is 7.98. The number of nitrogens with zero attached hydrogens (tertiary/aromatic N) is 2. The molecule has 0 unspecified atom stereocenters. The molecule has 0 heterocycles. The Hall–Kier alpha value is -3.77. The highest BCUT2D eigenvalue weighted by atomic mass is 35.5. The van der Waals surface area contributed by atoms with Crippen molar-refractivity contribution in [3.05, 3.63) is 88.9 Å². The van der Waals surface area contributed by atoms with E-state index in [9.17, 15) is 31.2 Å². The first kappa shape index (κ1) is 35.1. The molecule has 1 saturated carbocycles. The second-order valence-electron chi connectivity index (χ2n) is 11.1. The minimum absolute atomic E-state index is 0.0473. The van der Waals surface area contributed by atoms with Crippen LogP contribution >= 0.6 is 11.6 Å². The molecule has 1 atom stereocenters. The number of benzene rings is 3. The van der Waals surface area contributed by atoms with Crippen LogP contribution in [-0.2, 0) is 32.3 Å². The minimum Gasteiger partial charge on any atom is -0.497 e. The molecule has 8 nitrogen and oxygen atoms in total. The molecule has 1 aliphatic carbocycles. The van der Waals surface area contributed by atoms with E-state index in [1.165, 1.54) is 36.3 Å². The van der Waals surface area contributed by atoms with Crippen LogP contribution in [-0.4, -0.2) is 50.9 Å². The summed E-state index contributed by atoms with van der Waals surface area (Å²) >= 11 is 5.85. The maximum atomic E-state index is 14.3. The number of methoxy groups -OCH3 is 1. The summed E-state index contributed by atoms with van der Waals surface area (Å²) in [6.45, 7) is 0.776. The molecule has 3 aromatic rings. The van der Waals surface area contributed by atoms with Crippen molar-refractivity contribution in [2.45, 2.75) is 75.1 Å². The lowest BCUT2D eigenvalue weighted by molar-refractivity contribution is -0.140. The fourth-order valence-electron chi connectivity index (χ4n) is 5.57. The highest BCUT2D eigenvalue weighted by molar-refractivity contribution is 7.92. The van der Waals surface area contributed by atoms with Crippen molar-refractivity contribution in [1.29, 1.82) is 0 Å². The summed E-state index contributed by atoms with van der Waals surface area (Å²) < 4.78 is 75.4. The lowest BCUT2D eigenvalue weighted by Crippen LogP contribution is -2.54. The first-order valence-electron chi connectivity index (χ1n) is 15.0. The van der Waals surface area contributed by atoms with Gasteiger partial charge in [0, 0.05) is 12.6 Å². The smallest absolute Gasteiger partial charge is 0.417 e. The van der Waals surface area contributed by atoms with Gasteiger partial charge in [0.2, 0.25) is 11.8 Å². The maximum absolute atomic E-state index is 14.3. The van der Waals surface area contributed by atoms with Crippen LogP contribution in [0.2, 0.25) is 5.02 Å². The number of rotatable bonds is 12. The van der Waals surface area contributed by atoms with Gasteiger partial charge in [-0.25, -0.2) is 8.42 Å². The van der Waals surface area contributed by atoms with E-state index in [4.69, 9.17) is 16.3 Å². The van der Waals surface area contributed by atoms with Gasteiger partial charge < -0.3 is 15.0 Å². The zero-order valence-corrected chi connectivity index (χ0v) is 27.2. The summed E-state index contributed by atoms with van der Waals surface area (Å²) in [5.41, 5.74) is -1.05. The van der Waals surface area contributed by atoms with Crippen LogP contribution in [0.4, 0.5) is 18.9 Å². The van der Waals surface area contributed by atoms with Gasteiger partial charge in [0.15, 0.2) is 0 Å². The van der Waals surface area contributed by atoms with Gasteiger partial charge in [-0.3, -0.25) is 13.9 Å². The van der Waals surface area contributed by atoms with E-state index < -0.39 is 51.0 Å². The van der Waals surface area contributed by atoms with Crippen molar-refractivity contribution in [3.8, 4) is 5.75 Å². The molecule has 0 radical (unpaired) electrons. The van der Waals surface area contributed by atoms with Crippen LogP contribution in [0.5, 0.6) is 5.75 Å². The molecule has 0 bridgehead atoms. The molecule has 1 fully saturated rings. The molecule has 0 spiro atoms. The average Bonchev–Trinajstić information content (AvgIpc) is 3.04. The Bertz CT molecular complexity index is 1620. The number of halogens is 4. The summed E-state index contributed by atoms with van der Waals surface area (Å²) in [6, 6.07) is 15.6. The molecule has 3 aromatic carbocycles. The molecule has 2 amide bonds. The summed E-state index contributed by atoms with van der Waals surface area (Å²) in [5.74, 6) is -0.649. The van der Waals surface area contributed by atoms with E-state index in [0.717, 1.165) is 44.2 Å². The number of alkyl halides is 3. The predicted octanol–water partition coefficient (Wildman–Crippen LogP) is 6.82. The van der Waals surface area contributed by atoms with Crippen molar-refractivity contribution >= 4 is 39.1 Å². The second-order valence-corrected chi connectivity index (χ2v) is 13.4. The third-order valence-corrected chi connectivity index (χ3v) is 10.1. The fourth-order valence-corrected chi connectivity index (χ4v) is 7.22. The Morgan fingerprint density at radius 1 is 1.00 bits per heavy atom. The standard InChI is InChI=1S/C33H37ClF3N3O5S/c1-3-30(32(42)38-24-12-6-4-7-13-24)39(21-23-11-10-14-26(19-23)45-2)31(41)22-40(46(43,44)27-15-8-5-9-16-27)25-17-18-29(34)28(20-25)33(35,36)37/h5,8-11,14-20,24,30H,3-4,6-7,12-13,21-22H2,1-2H3,(H,38,42)/t30-/m1/s1. The monoisotopic (exact) mass is 679 g/mol. The SMILES string of the molecule is CC[C@H](C(=O)NC1CCCCC1)N(Cc1cccc(OC)c1)C(=O)CN(c1ccc(Cl)c(C(F)(F)F)c1)S(=O)(=O)c1ccccc1. The molecule has 1 N–H and O–H groups in total. The number of sulfonamides is 1. The zero-order chi connectivity index (χ0) is 33.5. The molecule has 0 saturated heterocycles. The quantitative estimate of drug-likeness (QED) is 0.227. The number of carbonyl (C=O) groups is 2. The number of nitrogens with one attached hydrogen (secondary N) is 1.